The molecule has 0 unspecified atom stereocenters. The van der Waals surface area contributed by atoms with Crippen LogP contribution in [0, 0.1) is 24.4 Å². The van der Waals surface area contributed by atoms with Crippen LogP contribution in [0.5, 0.6) is 11.5 Å². The predicted octanol–water partition coefficient (Wildman–Crippen LogP) is 4.49. The zero-order chi connectivity index (χ0) is 18.1. The van der Waals surface area contributed by atoms with Crippen molar-refractivity contribution in [2.45, 2.75) is 6.92 Å². The van der Waals surface area contributed by atoms with Gasteiger partial charge < -0.3 is 14.5 Å². The smallest absolute Gasteiger partial charge is 0.194 e. The molecule has 0 saturated heterocycles. The lowest BCUT2D eigenvalue weighted by molar-refractivity contribution is 0.394. The van der Waals surface area contributed by atoms with Crippen LogP contribution in [0.1, 0.15) is 5.82 Å². The van der Waals surface area contributed by atoms with E-state index < -0.39 is 17.5 Å². The number of aromatic amines is 1. The minimum Gasteiger partial charge on any atom is -0.497 e. The first-order chi connectivity index (χ1) is 11.9. The number of aromatic nitrogens is 2. The first-order valence-corrected chi connectivity index (χ1v) is 7.38. The minimum atomic E-state index is -1.51. The number of ether oxygens (including phenoxy) is 2. The van der Waals surface area contributed by atoms with Crippen molar-refractivity contribution in [3.63, 3.8) is 0 Å². The molecule has 3 aromatic rings. The highest BCUT2D eigenvalue weighted by Gasteiger charge is 2.18. The lowest BCUT2D eigenvalue weighted by Crippen LogP contribution is -1.94. The van der Waals surface area contributed by atoms with E-state index in [9.17, 15) is 13.2 Å². The van der Waals surface area contributed by atoms with Crippen LogP contribution in [0.15, 0.2) is 30.3 Å². The van der Waals surface area contributed by atoms with Crippen LogP contribution < -0.4 is 9.47 Å². The van der Waals surface area contributed by atoms with Crippen LogP contribution in [-0.4, -0.2) is 24.2 Å². The van der Waals surface area contributed by atoms with Gasteiger partial charge in [0, 0.05) is 17.2 Å². The molecule has 7 heteroatoms. The highest BCUT2D eigenvalue weighted by Crippen LogP contribution is 2.35. The van der Waals surface area contributed by atoms with Crippen LogP contribution in [0.2, 0.25) is 0 Å². The van der Waals surface area contributed by atoms with Gasteiger partial charge >= 0.3 is 0 Å². The standard InChI is InChI=1S/C18H15F3N2O2/c1-9-22-17(10-4-12(24-2)8-13(5-10)25-3)18(23-9)11-6-14(19)16(21)15(20)7-11/h4-8H,1-3H3,(H,22,23). The third kappa shape index (κ3) is 3.17. The van der Waals surface area contributed by atoms with Gasteiger partial charge in [-0.2, -0.15) is 0 Å². The summed E-state index contributed by atoms with van der Waals surface area (Å²) in [6.07, 6.45) is 0. The molecule has 0 saturated carbocycles. The molecule has 3 rings (SSSR count). The fourth-order valence-electron chi connectivity index (χ4n) is 2.55. The molecule has 0 aliphatic carbocycles. The Morgan fingerprint density at radius 1 is 0.840 bits per heavy atom. The molecular weight excluding hydrogens is 333 g/mol. The molecule has 0 fully saturated rings. The summed E-state index contributed by atoms with van der Waals surface area (Å²) in [5.74, 6) is -2.43. The highest BCUT2D eigenvalue weighted by molar-refractivity contribution is 5.79. The fourth-order valence-corrected chi connectivity index (χ4v) is 2.55. The van der Waals surface area contributed by atoms with Gasteiger partial charge in [-0.05, 0) is 31.2 Å². The van der Waals surface area contributed by atoms with Crippen molar-refractivity contribution in [1.29, 1.82) is 0 Å². The van der Waals surface area contributed by atoms with Crippen molar-refractivity contribution in [2.75, 3.05) is 14.2 Å². The van der Waals surface area contributed by atoms with E-state index >= 15 is 0 Å². The fraction of sp³-hybridized carbons (Fsp3) is 0.167. The largest absolute Gasteiger partial charge is 0.497 e. The second-order valence-corrected chi connectivity index (χ2v) is 5.40. The summed E-state index contributed by atoms with van der Waals surface area (Å²) < 4.78 is 50.9. The zero-order valence-electron chi connectivity index (χ0n) is 13.8. The van der Waals surface area contributed by atoms with Gasteiger partial charge in [-0.1, -0.05) is 0 Å². The Bertz CT molecular complexity index is 893. The Balaban J connectivity index is 2.20. The second-order valence-electron chi connectivity index (χ2n) is 5.40. The molecule has 0 radical (unpaired) electrons. The van der Waals surface area contributed by atoms with Crippen LogP contribution in [0.4, 0.5) is 13.2 Å². The van der Waals surface area contributed by atoms with E-state index in [1.54, 1.807) is 25.1 Å². The molecule has 0 amide bonds. The van der Waals surface area contributed by atoms with E-state index in [0.29, 0.717) is 34.3 Å². The molecule has 2 aromatic carbocycles. The van der Waals surface area contributed by atoms with Gasteiger partial charge in [-0.25, -0.2) is 18.2 Å². The van der Waals surface area contributed by atoms with Gasteiger partial charge in [0.2, 0.25) is 0 Å². The second kappa shape index (κ2) is 6.51. The van der Waals surface area contributed by atoms with E-state index in [2.05, 4.69) is 9.97 Å². The third-order valence-electron chi connectivity index (χ3n) is 3.72. The van der Waals surface area contributed by atoms with E-state index in [1.165, 1.54) is 14.2 Å². The number of nitrogens with zero attached hydrogens (tertiary/aromatic N) is 1. The summed E-state index contributed by atoms with van der Waals surface area (Å²) in [5, 5.41) is 0. The van der Waals surface area contributed by atoms with Crippen LogP contribution in [0.3, 0.4) is 0 Å². The van der Waals surface area contributed by atoms with Gasteiger partial charge in [0.15, 0.2) is 17.5 Å². The molecule has 1 heterocycles. The van der Waals surface area contributed by atoms with Gasteiger partial charge in [-0.3, -0.25) is 0 Å². The maximum atomic E-state index is 13.6. The maximum absolute atomic E-state index is 13.6. The number of hydrogen-bond acceptors (Lipinski definition) is 3. The molecule has 0 bridgehead atoms. The normalized spacial score (nSPS) is 10.8. The summed E-state index contributed by atoms with van der Waals surface area (Å²) in [5.41, 5.74) is 1.58. The molecule has 0 atom stereocenters. The van der Waals surface area contributed by atoms with Crippen molar-refractivity contribution < 1.29 is 22.6 Å². The lowest BCUT2D eigenvalue weighted by atomic mass is 10.0. The zero-order valence-corrected chi connectivity index (χ0v) is 13.8. The molecule has 25 heavy (non-hydrogen) atoms. The van der Waals surface area contributed by atoms with Crippen LogP contribution in [0.25, 0.3) is 22.5 Å². The summed E-state index contributed by atoms with van der Waals surface area (Å²) in [4.78, 5) is 7.34. The topological polar surface area (TPSA) is 47.1 Å². The average molecular weight is 348 g/mol. The third-order valence-corrected chi connectivity index (χ3v) is 3.72. The molecular formula is C18H15F3N2O2. The highest BCUT2D eigenvalue weighted by atomic mass is 19.2. The SMILES string of the molecule is COc1cc(OC)cc(-c2[nH]c(C)nc2-c2cc(F)c(F)c(F)c2)c1. The number of methoxy groups -OCH3 is 2. The first kappa shape index (κ1) is 16.9. The number of aryl methyl sites for hydroxylation is 1. The quantitative estimate of drug-likeness (QED) is 0.707. The van der Waals surface area contributed by atoms with Gasteiger partial charge in [0.25, 0.3) is 0 Å². The predicted molar refractivity (Wildman–Crippen MR) is 87.2 cm³/mol. The van der Waals surface area contributed by atoms with Crippen LogP contribution in [-0.2, 0) is 0 Å². The molecule has 0 aliphatic rings. The number of halogens is 3. The summed E-state index contributed by atoms with van der Waals surface area (Å²) in [6.45, 7) is 1.71. The Hall–Kier alpha value is -2.96. The van der Waals surface area contributed by atoms with Crippen molar-refractivity contribution in [2.24, 2.45) is 0 Å². The monoisotopic (exact) mass is 348 g/mol. The number of nitrogens with one attached hydrogen (secondary N) is 1. The Kier molecular flexibility index (Phi) is 4.39. The van der Waals surface area contributed by atoms with E-state index in [4.69, 9.17) is 9.47 Å². The number of H-pyrrole nitrogens is 1. The summed E-state index contributed by atoms with van der Waals surface area (Å²) in [7, 11) is 3.03. The number of rotatable bonds is 4. The van der Waals surface area contributed by atoms with Crippen molar-refractivity contribution >= 4 is 0 Å². The van der Waals surface area contributed by atoms with Gasteiger partial charge in [0.1, 0.15) is 17.3 Å². The van der Waals surface area contributed by atoms with Crippen molar-refractivity contribution in [1.82, 2.24) is 9.97 Å². The van der Waals surface area contributed by atoms with E-state index in [0.717, 1.165) is 12.1 Å². The molecule has 1 aromatic heterocycles. The number of imidazole rings is 1. The maximum Gasteiger partial charge on any atom is 0.194 e. The summed E-state index contributed by atoms with van der Waals surface area (Å²) >= 11 is 0. The Labute approximate surface area is 142 Å². The minimum absolute atomic E-state index is 0.123. The molecule has 0 aliphatic heterocycles. The summed E-state index contributed by atoms with van der Waals surface area (Å²) in [6, 6.07) is 6.98. The Morgan fingerprint density at radius 2 is 1.40 bits per heavy atom. The lowest BCUT2D eigenvalue weighted by Gasteiger charge is -2.09. The molecule has 130 valence electrons. The van der Waals surface area contributed by atoms with Crippen molar-refractivity contribution in [3.8, 4) is 34.0 Å². The number of hydrogen-bond donors (Lipinski definition) is 1. The molecule has 0 spiro atoms. The van der Waals surface area contributed by atoms with Gasteiger partial charge in [-0.15, -0.1) is 0 Å². The number of benzene rings is 2. The first-order valence-electron chi connectivity index (χ1n) is 7.38. The van der Waals surface area contributed by atoms with Crippen LogP contribution >= 0.6 is 0 Å². The Morgan fingerprint density at radius 3 is 1.92 bits per heavy atom. The molecule has 1 N–H and O–H groups in total. The van der Waals surface area contributed by atoms with Crippen molar-refractivity contribution in [3.05, 3.63) is 53.6 Å². The molecule has 4 nitrogen and oxygen atoms in total. The van der Waals surface area contributed by atoms with Gasteiger partial charge in [0.05, 0.1) is 25.6 Å². The van der Waals surface area contributed by atoms with E-state index in [-0.39, 0.29) is 5.56 Å². The average Bonchev–Trinajstić information content (AvgIpc) is 3.00. The van der Waals surface area contributed by atoms with E-state index in [1.807, 2.05) is 0 Å².